The van der Waals surface area contributed by atoms with Gasteiger partial charge >= 0.3 is 0 Å². The third kappa shape index (κ3) is 3.31. The molecule has 1 aliphatic carbocycles. The molecule has 21 heavy (non-hydrogen) atoms. The fourth-order valence-corrected chi connectivity index (χ4v) is 2.75. The lowest BCUT2D eigenvalue weighted by Crippen LogP contribution is -2.15. The van der Waals surface area contributed by atoms with Crippen LogP contribution in [0.1, 0.15) is 23.5 Å². The zero-order valence-corrected chi connectivity index (χ0v) is 12.2. The highest BCUT2D eigenvalue weighted by atomic mass is 16.2. The molecule has 0 bridgehead atoms. The highest BCUT2D eigenvalue weighted by Crippen LogP contribution is 2.47. The van der Waals surface area contributed by atoms with Crippen LogP contribution in [-0.2, 0) is 11.3 Å². The summed E-state index contributed by atoms with van der Waals surface area (Å²) in [5, 5.41) is 6.15. The first-order valence-electron chi connectivity index (χ1n) is 7.37. The van der Waals surface area contributed by atoms with E-state index in [2.05, 4.69) is 28.8 Å². The molecule has 0 aromatic heterocycles. The van der Waals surface area contributed by atoms with Crippen molar-refractivity contribution in [1.29, 1.82) is 0 Å². The molecule has 108 valence electrons. The van der Waals surface area contributed by atoms with E-state index >= 15 is 0 Å². The van der Waals surface area contributed by atoms with Crippen LogP contribution in [0.2, 0.25) is 0 Å². The number of rotatable bonds is 5. The molecule has 2 aromatic carbocycles. The van der Waals surface area contributed by atoms with Crippen molar-refractivity contribution in [3.63, 3.8) is 0 Å². The maximum Gasteiger partial charge on any atom is 0.228 e. The van der Waals surface area contributed by atoms with Crippen molar-refractivity contribution in [3.05, 3.63) is 65.7 Å². The first-order chi connectivity index (χ1) is 10.3. The molecule has 2 atom stereocenters. The minimum absolute atomic E-state index is 0.111. The average Bonchev–Trinajstić information content (AvgIpc) is 3.29. The van der Waals surface area contributed by atoms with Crippen LogP contribution in [-0.4, -0.2) is 13.0 Å². The Morgan fingerprint density at radius 3 is 2.71 bits per heavy atom. The molecule has 0 heterocycles. The third-order valence-corrected chi connectivity index (χ3v) is 3.93. The highest BCUT2D eigenvalue weighted by molar-refractivity contribution is 5.95. The van der Waals surface area contributed by atoms with Crippen molar-refractivity contribution in [2.75, 3.05) is 12.4 Å². The van der Waals surface area contributed by atoms with Crippen molar-refractivity contribution >= 4 is 11.6 Å². The van der Waals surface area contributed by atoms with E-state index in [-0.39, 0.29) is 11.8 Å². The molecule has 0 radical (unpaired) electrons. The Morgan fingerprint density at radius 2 is 1.95 bits per heavy atom. The standard InChI is InChI=1S/C18H20N2O/c1-19-12-13-6-5-9-15(10-13)20-18(21)17-11-16(17)14-7-3-2-4-8-14/h2-10,16-17,19H,11-12H2,1H3,(H,20,21). The van der Waals surface area contributed by atoms with Crippen LogP contribution in [0.5, 0.6) is 0 Å². The Kier molecular flexibility index (Phi) is 4.02. The molecule has 1 fully saturated rings. The number of carbonyl (C=O) groups excluding carboxylic acids is 1. The fourth-order valence-electron chi connectivity index (χ4n) is 2.75. The molecule has 0 aliphatic heterocycles. The first kappa shape index (κ1) is 13.8. The zero-order chi connectivity index (χ0) is 14.7. The third-order valence-electron chi connectivity index (χ3n) is 3.93. The van der Waals surface area contributed by atoms with Crippen molar-refractivity contribution in [1.82, 2.24) is 5.32 Å². The number of amides is 1. The van der Waals surface area contributed by atoms with Crippen molar-refractivity contribution in [2.24, 2.45) is 5.92 Å². The molecule has 2 unspecified atom stereocenters. The van der Waals surface area contributed by atoms with Crippen LogP contribution >= 0.6 is 0 Å². The van der Waals surface area contributed by atoms with Gasteiger partial charge < -0.3 is 10.6 Å². The maximum absolute atomic E-state index is 12.3. The Hall–Kier alpha value is -2.13. The van der Waals surface area contributed by atoms with Gasteiger partial charge in [-0.25, -0.2) is 0 Å². The first-order valence-corrected chi connectivity index (χ1v) is 7.37. The number of hydrogen-bond acceptors (Lipinski definition) is 2. The van der Waals surface area contributed by atoms with Crippen molar-refractivity contribution in [3.8, 4) is 0 Å². The second kappa shape index (κ2) is 6.10. The summed E-state index contributed by atoms with van der Waals surface area (Å²) in [7, 11) is 1.92. The largest absolute Gasteiger partial charge is 0.326 e. The van der Waals surface area contributed by atoms with Gasteiger partial charge in [0.15, 0.2) is 0 Å². The molecular formula is C18H20N2O. The molecule has 0 saturated heterocycles. The molecule has 3 heteroatoms. The van der Waals surface area contributed by atoms with Gasteiger partial charge in [-0.3, -0.25) is 4.79 Å². The van der Waals surface area contributed by atoms with Gasteiger partial charge in [-0.1, -0.05) is 42.5 Å². The van der Waals surface area contributed by atoms with E-state index < -0.39 is 0 Å². The molecule has 0 spiro atoms. The second-order valence-electron chi connectivity index (χ2n) is 5.58. The normalized spacial score (nSPS) is 20.0. The summed E-state index contributed by atoms with van der Waals surface area (Å²) in [6, 6.07) is 18.3. The molecule has 3 rings (SSSR count). The van der Waals surface area contributed by atoms with E-state index in [9.17, 15) is 4.79 Å². The summed E-state index contributed by atoms with van der Waals surface area (Å²) in [6.45, 7) is 0.805. The topological polar surface area (TPSA) is 41.1 Å². The lowest BCUT2D eigenvalue weighted by Gasteiger charge is -2.07. The van der Waals surface area contributed by atoms with Crippen molar-refractivity contribution in [2.45, 2.75) is 18.9 Å². The van der Waals surface area contributed by atoms with Gasteiger partial charge in [0.25, 0.3) is 0 Å². The van der Waals surface area contributed by atoms with Gasteiger partial charge in [-0.15, -0.1) is 0 Å². The molecule has 1 saturated carbocycles. The number of anilines is 1. The predicted octanol–water partition coefficient (Wildman–Crippen LogP) is 3.15. The molecular weight excluding hydrogens is 260 g/mol. The van der Waals surface area contributed by atoms with Gasteiger partial charge in [-0.05, 0) is 42.6 Å². The maximum atomic E-state index is 12.3. The second-order valence-corrected chi connectivity index (χ2v) is 5.58. The summed E-state index contributed by atoms with van der Waals surface area (Å²) in [5.74, 6) is 0.623. The minimum Gasteiger partial charge on any atom is -0.326 e. The Balaban J connectivity index is 1.62. The van der Waals surface area contributed by atoms with E-state index in [4.69, 9.17) is 0 Å². The summed E-state index contributed by atoms with van der Waals surface area (Å²) in [6.07, 6.45) is 0.950. The number of nitrogens with one attached hydrogen (secondary N) is 2. The lowest BCUT2D eigenvalue weighted by molar-refractivity contribution is -0.117. The highest BCUT2D eigenvalue weighted by Gasteiger charge is 2.43. The summed E-state index contributed by atoms with van der Waals surface area (Å²) in [4.78, 5) is 12.3. The van der Waals surface area contributed by atoms with Gasteiger partial charge in [0.2, 0.25) is 5.91 Å². The number of hydrogen-bond donors (Lipinski definition) is 2. The SMILES string of the molecule is CNCc1cccc(NC(=O)C2CC2c2ccccc2)c1. The van der Waals surface area contributed by atoms with E-state index in [0.29, 0.717) is 5.92 Å². The van der Waals surface area contributed by atoms with Crippen LogP contribution in [0.25, 0.3) is 0 Å². The van der Waals surface area contributed by atoms with Gasteiger partial charge in [0.1, 0.15) is 0 Å². The Labute approximate surface area is 125 Å². The van der Waals surface area contributed by atoms with Crippen LogP contribution < -0.4 is 10.6 Å². The fraction of sp³-hybridized carbons (Fsp3) is 0.278. The number of benzene rings is 2. The van der Waals surface area contributed by atoms with Gasteiger partial charge in [0, 0.05) is 18.2 Å². The molecule has 1 aliphatic rings. The smallest absolute Gasteiger partial charge is 0.228 e. The van der Waals surface area contributed by atoms with Crippen LogP contribution in [0.3, 0.4) is 0 Å². The minimum atomic E-state index is 0.111. The van der Waals surface area contributed by atoms with Gasteiger partial charge in [0.05, 0.1) is 0 Å². The zero-order valence-electron chi connectivity index (χ0n) is 12.2. The average molecular weight is 280 g/mol. The monoisotopic (exact) mass is 280 g/mol. The summed E-state index contributed by atoms with van der Waals surface area (Å²) < 4.78 is 0. The van der Waals surface area contributed by atoms with Crippen molar-refractivity contribution < 1.29 is 4.79 Å². The van der Waals surface area contributed by atoms with Crippen LogP contribution in [0, 0.1) is 5.92 Å². The molecule has 2 aromatic rings. The molecule has 1 amide bonds. The molecule has 3 nitrogen and oxygen atoms in total. The van der Waals surface area contributed by atoms with Gasteiger partial charge in [-0.2, -0.15) is 0 Å². The number of carbonyl (C=O) groups is 1. The van der Waals surface area contributed by atoms with E-state index in [1.807, 2.05) is 43.4 Å². The van der Waals surface area contributed by atoms with Crippen LogP contribution in [0.4, 0.5) is 5.69 Å². The quantitative estimate of drug-likeness (QED) is 0.883. The van der Waals surface area contributed by atoms with E-state index in [1.165, 1.54) is 11.1 Å². The van der Waals surface area contributed by atoms with E-state index in [0.717, 1.165) is 18.7 Å². The summed E-state index contributed by atoms with van der Waals surface area (Å²) >= 11 is 0. The predicted molar refractivity (Wildman–Crippen MR) is 85.1 cm³/mol. The summed E-state index contributed by atoms with van der Waals surface area (Å²) in [5.41, 5.74) is 3.32. The lowest BCUT2D eigenvalue weighted by atomic mass is 10.1. The van der Waals surface area contributed by atoms with Crippen LogP contribution in [0.15, 0.2) is 54.6 Å². The Morgan fingerprint density at radius 1 is 1.14 bits per heavy atom. The molecule has 2 N–H and O–H groups in total. The van der Waals surface area contributed by atoms with E-state index in [1.54, 1.807) is 0 Å². The Bertz CT molecular complexity index is 624.